The van der Waals surface area contributed by atoms with E-state index in [0.29, 0.717) is 0 Å². The number of furan rings is 1. The highest BCUT2D eigenvalue weighted by Gasteiger charge is 2.31. The van der Waals surface area contributed by atoms with Crippen molar-refractivity contribution in [2.45, 2.75) is 25.6 Å². The molecule has 1 N–H and O–H groups in total. The average molecular weight is 359 g/mol. The van der Waals surface area contributed by atoms with Gasteiger partial charge in [0.2, 0.25) is 0 Å². The molecular formula is C21H21N5O. The van der Waals surface area contributed by atoms with E-state index in [0.717, 1.165) is 37.3 Å². The lowest BCUT2D eigenvalue weighted by molar-refractivity contribution is 0.199. The number of hydrogen-bond donors (Lipinski definition) is 1. The number of nitrogens with one attached hydrogen (secondary N) is 1. The lowest BCUT2D eigenvalue weighted by atomic mass is 9.96. The number of benzene rings is 1. The smallest absolute Gasteiger partial charge is 0.0954 e. The molecule has 0 amide bonds. The van der Waals surface area contributed by atoms with Crippen LogP contribution in [-0.2, 0) is 19.5 Å². The quantitative estimate of drug-likeness (QED) is 0.593. The summed E-state index contributed by atoms with van der Waals surface area (Å²) < 4.78 is 7.34. The van der Waals surface area contributed by atoms with Crippen LogP contribution in [0.5, 0.6) is 0 Å². The summed E-state index contributed by atoms with van der Waals surface area (Å²) in [6.07, 6.45) is 10.2. The molecule has 136 valence electrons. The Morgan fingerprint density at radius 2 is 2.00 bits per heavy atom. The second-order valence-electron chi connectivity index (χ2n) is 6.92. The fraction of sp³-hybridized carbons (Fsp3) is 0.238. The zero-order chi connectivity index (χ0) is 18.1. The zero-order valence-electron chi connectivity index (χ0n) is 15.0. The predicted molar refractivity (Wildman–Crippen MR) is 101 cm³/mol. The van der Waals surface area contributed by atoms with Crippen molar-refractivity contribution >= 4 is 0 Å². The SMILES string of the molecule is c1ccc(Cn2cccn2)c(CN2CCc3[nH]cnc3[C@@H]2c2ccoc2)c1. The maximum atomic E-state index is 5.38. The van der Waals surface area contributed by atoms with Crippen LogP contribution in [0.15, 0.2) is 72.1 Å². The van der Waals surface area contributed by atoms with E-state index in [1.807, 2.05) is 35.5 Å². The first-order chi connectivity index (χ1) is 13.4. The van der Waals surface area contributed by atoms with E-state index in [1.165, 1.54) is 16.8 Å². The first-order valence-electron chi connectivity index (χ1n) is 9.21. The number of hydrogen-bond acceptors (Lipinski definition) is 4. The van der Waals surface area contributed by atoms with Crippen LogP contribution >= 0.6 is 0 Å². The molecule has 1 atom stereocenters. The summed E-state index contributed by atoms with van der Waals surface area (Å²) in [6.45, 7) is 2.61. The van der Waals surface area contributed by atoms with Crippen molar-refractivity contribution in [1.82, 2.24) is 24.6 Å². The van der Waals surface area contributed by atoms with Gasteiger partial charge < -0.3 is 9.40 Å². The highest BCUT2D eigenvalue weighted by Crippen LogP contribution is 2.34. The van der Waals surface area contributed by atoms with Gasteiger partial charge in [-0.2, -0.15) is 5.10 Å². The molecule has 0 bridgehead atoms. The minimum Gasteiger partial charge on any atom is -0.472 e. The van der Waals surface area contributed by atoms with E-state index < -0.39 is 0 Å². The largest absolute Gasteiger partial charge is 0.472 e. The number of nitrogens with zero attached hydrogens (tertiary/aromatic N) is 4. The molecule has 0 spiro atoms. The molecule has 6 heteroatoms. The van der Waals surface area contributed by atoms with Gasteiger partial charge in [0.1, 0.15) is 0 Å². The van der Waals surface area contributed by atoms with Crippen molar-refractivity contribution in [2.24, 2.45) is 0 Å². The Hall–Kier alpha value is -3.12. The first kappa shape index (κ1) is 16.1. The van der Waals surface area contributed by atoms with E-state index in [2.05, 4.69) is 44.2 Å². The van der Waals surface area contributed by atoms with Crippen molar-refractivity contribution in [3.8, 4) is 0 Å². The van der Waals surface area contributed by atoms with Crippen molar-refractivity contribution < 1.29 is 4.42 Å². The average Bonchev–Trinajstić information content (AvgIpc) is 3.46. The third kappa shape index (κ3) is 3.08. The maximum absolute atomic E-state index is 5.38. The van der Waals surface area contributed by atoms with Crippen LogP contribution in [0.25, 0.3) is 0 Å². The second kappa shape index (κ2) is 6.89. The fourth-order valence-corrected chi connectivity index (χ4v) is 3.95. The Morgan fingerprint density at radius 1 is 1.11 bits per heavy atom. The number of H-pyrrole nitrogens is 1. The van der Waals surface area contributed by atoms with Gasteiger partial charge in [0.15, 0.2) is 0 Å². The van der Waals surface area contributed by atoms with Gasteiger partial charge in [-0.3, -0.25) is 9.58 Å². The molecule has 0 unspecified atom stereocenters. The van der Waals surface area contributed by atoms with Gasteiger partial charge in [0, 0.05) is 43.2 Å². The molecule has 0 saturated carbocycles. The summed E-state index contributed by atoms with van der Waals surface area (Å²) in [4.78, 5) is 10.4. The van der Waals surface area contributed by atoms with Crippen molar-refractivity contribution in [3.05, 3.63) is 95.7 Å². The standard InChI is InChI=1S/C21H21N5O/c1-2-5-17(13-26-9-3-8-24-26)16(4-1)12-25-10-6-19-20(23-15-22-19)21(25)18-7-11-27-14-18/h1-5,7-9,11,14-15,21H,6,10,12-13H2,(H,22,23)/t21-/m0/s1. The summed E-state index contributed by atoms with van der Waals surface area (Å²) in [6, 6.07) is 12.7. The molecule has 27 heavy (non-hydrogen) atoms. The van der Waals surface area contributed by atoms with Crippen LogP contribution in [0.2, 0.25) is 0 Å². The second-order valence-corrected chi connectivity index (χ2v) is 6.92. The van der Waals surface area contributed by atoms with Gasteiger partial charge in [0.25, 0.3) is 0 Å². The number of fused-ring (bicyclic) bond motifs is 1. The van der Waals surface area contributed by atoms with Gasteiger partial charge in [-0.15, -0.1) is 0 Å². The number of aromatic amines is 1. The molecule has 0 radical (unpaired) electrons. The van der Waals surface area contributed by atoms with Gasteiger partial charge in [-0.1, -0.05) is 24.3 Å². The highest BCUT2D eigenvalue weighted by atomic mass is 16.3. The van der Waals surface area contributed by atoms with E-state index in [-0.39, 0.29) is 6.04 Å². The molecular weight excluding hydrogens is 338 g/mol. The van der Waals surface area contributed by atoms with E-state index >= 15 is 0 Å². The first-order valence-corrected chi connectivity index (χ1v) is 9.21. The van der Waals surface area contributed by atoms with E-state index in [1.54, 1.807) is 12.6 Å². The summed E-state index contributed by atoms with van der Waals surface area (Å²) in [5.74, 6) is 0. The molecule has 0 fully saturated rings. The Labute approximate surface area is 157 Å². The van der Waals surface area contributed by atoms with Crippen LogP contribution < -0.4 is 0 Å². The number of aromatic nitrogens is 4. The molecule has 0 saturated heterocycles. The van der Waals surface area contributed by atoms with Crippen LogP contribution in [0.3, 0.4) is 0 Å². The summed E-state index contributed by atoms with van der Waals surface area (Å²) in [5.41, 5.74) is 6.09. The van der Waals surface area contributed by atoms with Gasteiger partial charge in [-0.05, 0) is 23.3 Å². The summed E-state index contributed by atoms with van der Waals surface area (Å²) >= 11 is 0. The Bertz CT molecular complexity index is 1000. The maximum Gasteiger partial charge on any atom is 0.0954 e. The zero-order valence-corrected chi connectivity index (χ0v) is 15.0. The van der Waals surface area contributed by atoms with E-state index in [4.69, 9.17) is 4.42 Å². The summed E-state index contributed by atoms with van der Waals surface area (Å²) in [7, 11) is 0. The van der Waals surface area contributed by atoms with Crippen LogP contribution in [0.4, 0.5) is 0 Å². The molecule has 4 aromatic rings. The third-order valence-electron chi connectivity index (χ3n) is 5.27. The monoisotopic (exact) mass is 359 g/mol. The number of rotatable bonds is 5. The van der Waals surface area contributed by atoms with E-state index in [9.17, 15) is 0 Å². The normalized spacial score (nSPS) is 17.1. The highest BCUT2D eigenvalue weighted by molar-refractivity contribution is 5.32. The summed E-state index contributed by atoms with van der Waals surface area (Å²) in [5, 5.41) is 4.35. The Kier molecular flexibility index (Phi) is 4.10. The predicted octanol–water partition coefficient (Wildman–Crippen LogP) is 3.40. The van der Waals surface area contributed by atoms with Crippen LogP contribution in [0.1, 0.15) is 34.1 Å². The van der Waals surface area contributed by atoms with Crippen molar-refractivity contribution in [2.75, 3.05) is 6.54 Å². The molecule has 4 heterocycles. The minimum absolute atomic E-state index is 0.108. The fourth-order valence-electron chi connectivity index (χ4n) is 3.95. The molecule has 1 aliphatic heterocycles. The lowest BCUT2D eigenvalue weighted by Gasteiger charge is -2.35. The van der Waals surface area contributed by atoms with Gasteiger partial charge in [0.05, 0.1) is 37.1 Å². The molecule has 6 nitrogen and oxygen atoms in total. The Balaban J connectivity index is 1.47. The van der Waals surface area contributed by atoms with Crippen molar-refractivity contribution in [3.63, 3.8) is 0 Å². The Morgan fingerprint density at radius 3 is 2.78 bits per heavy atom. The van der Waals surface area contributed by atoms with Crippen LogP contribution in [-0.4, -0.2) is 31.2 Å². The van der Waals surface area contributed by atoms with Gasteiger partial charge >= 0.3 is 0 Å². The van der Waals surface area contributed by atoms with Crippen molar-refractivity contribution in [1.29, 1.82) is 0 Å². The molecule has 5 rings (SSSR count). The third-order valence-corrected chi connectivity index (χ3v) is 5.27. The molecule has 0 aliphatic carbocycles. The van der Waals surface area contributed by atoms with Gasteiger partial charge in [-0.25, -0.2) is 4.98 Å². The molecule has 3 aromatic heterocycles. The molecule has 1 aliphatic rings. The molecule has 1 aromatic carbocycles. The lowest BCUT2D eigenvalue weighted by Crippen LogP contribution is -2.36. The number of imidazole rings is 1. The van der Waals surface area contributed by atoms with Crippen LogP contribution in [0, 0.1) is 0 Å². The topological polar surface area (TPSA) is 62.9 Å². The minimum atomic E-state index is 0.108.